The Bertz CT molecular complexity index is 454. The highest BCUT2D eigenvalue weighted by Crippen LogP contribution is 2.44. The van der Waals surface area contributed by atoms with Crippen molar-refractivity contribution in [2.75, 3.05) is 32.2 Å². The monoisotopic (exact) mass is 311 g/mol. The van der Waals surface area contributed by atoms with Crippen molar-refractivity contribution in [3.63, 3.8) is 0 Å². The van der Waals surface area contributed by atoms with Gasteiger partial charge in [-0.25, -0.2) is 4.98 Å². The number of hydrogen-bond acceptors (Lipinski definition) is 5. The quantitative estimate of drug-likeness (QED) is 0.709. The predicted molar refractivity (Wildman–Crippen MR) is 90.4 cm³/mol. The molecule has 0 saturated heterocycles. The number of methoxy groups -OCH3 is 1. The molecule has 0 spiro atoms. The molecule has 0 unspecified atom stereocenters. The standard InChI is InChI=1S/C16H29N3OS/c1-6-16(2,3)19(4)15-18-14(12-7-8-12)13(21-15)11-17-9-10-20-5/h12,17H,6-11H2,1-5H3. The maximum Gasteiger partial charge on any atom is 0.186 e. The first-order chi connectivity index (χ1) is 9.99. The topological polar surface area (TPSA) is 37.4 Å². The van der Waals surface area contributed by atoms with Crippen molar-refractivity contribution in [3.8, 4) is 0 Å². The molecular formula is C16H29N3OS. The molecule has 0 radical (unpaired) electrons. The number of rotatable bonds is 9. The van der Waals surface area contributed by atoms with E-state index in [1.165, 1.54) is 23.4 Å². The van der Waals surface area contributed by atoms with Crippen molar-refractivity contribution in [1.29, 1.82) is 0 Å². The van der Waals surface area contributed by atoms with E-state index >= 15 is 0 Å². The van der Waals surface area contributed by atoms with E-state index in [0.29, 0.717) is 5.92 Å². The van der Waals surface area contributed by atoms with Gasteiger partial charge < -0.3 is 15.0 Å². The van der Waals surface area contributed by atoms with Crippen molar-refractivity contribution in [1.82, 2.24) is 10.3 Å². The SMILES string of the molecule is CCC(C)(C)N(C)c1nc(C2CC2)c(CNCCOC)s1. The van der Waals surface area contributed by atoms with E-state index in [-0.39, 0.29) is 5.54 Å². The second-order valence-electron chi connectivity index (χ2n) is 6.47. The Balaban J connectivity index is 2.09. The molecular weight excluding hydrogens is 282 g/mol. The smallest absolute Gasteiger partial charge is 0.186 e. The van der Waals surface area contributed by atoms with Gasteiger partial charge in [-0.1, -0.05) is 6.92 Å². The molecule has 0 atom stereocenters. The van der Waals surface area contributed by atoms with Crippen molar-refractivity contribution in [3.05, 3.63) is 10.6 Å². The third-order valence-electron chi connectivity index (χ3n) is 4.51. The lowest BCUT2D eigenvalue weighted by atomic mass is 10.0. The number of nitrogens with one attached hydrogen (secondary N) is 1. The minimum atomic E-state index is 0.152. The van der Waals surface area contributed by atoms with Gasteiger partial charge in [0, 0.05) is 43.6 Å². The summed E-state index contributed by atoms with van der Waals surface area (Å²) in [6, 6.07) is 0. The van der Waals surface area contributed by atoms with Crippen LogP contribution in [-0.2, 0) is 11.3 Å². The number of thiazole rings is 1. The van der Waals surface area contributed by atoms with E-state index < -0.39 is 0 Å². The Hall–Kier alpha value is -0.650. The zero-order valence-corrected chi connectivity index (χ0v) is 14.8. The van der Waals surface area contributed by atoms with Crippen molar-refractivity contribution >= 4 is 16.5 Å². The van der Waals surface area contributed by atoms with Crippen LogP contribution in [0.5, 0.6) is 0 Å². The van der Waals surface area contributed by atoms with Crippen LogP contribution >= 0.6 is 11.3 Å². The molecule has 0 aromatic carbocycles. The predicted octanol–water partition coefficient (Wildman–Crippen LogP) is 3.38. The number of aromatic nitrogens is 1. The lowest BCUT2D eigenvalue weighted by Crippen LogP contribution is -2.40. The van der Waals surface area contributed by atoms with Crippen LogP contribution in [0.4, 0.5) is 5.13 Å². The summed E-state index contributed by atoms with van der Waals surface area (Å²) < 4.78 is 5.09. The van der Waals surface area contributed by atoms with Crippen LogP contribution in [0.2, 0.25) is 0 Å². The molecule has 0 amide bonds. The second-order valence-corrected chi connectivity index (χ2v) is 7.54. The lowest BCUT2D eigenvalue weighted by Gasteiger charge is -2.34. The minimum Gasteiger partial charge on any atom is -0.383 e. The second kappa shape index (κ2) is 7.07. The zero-order valence-electron chi connectivity index (χ0n) is 14.0. The van der Waals surface area contributed by atoms with Gasteiger partial charge >= 0.3 is 0 Å². The molecule has 1 aromatic rings. The zero-order chi connectivity index (χ0) is 15.5. The van der Waals surface area contributed by atoms with Gasteiger partial charge in [-0.2, -0.15) is 0 Å². The number of hydrogen-bond donors (Lipinski definition) is 1. The fourth-order valence-corrected chi connectivity index (χ4v) is 3.41. The third kappa shape index (κ3) is 4.18. The van der Waals surface area contributed by atoms with Crippen LogP contribution in [0.1, 0.15) is 56.5 Å². The average molecular weight is 311 g/mol. The van der Waals surface area contributed by atoms with Gasteiger partial charge in [0.2, 0.25) is 0 Å². The summed E-state index contributed by atoms with van der Waals surface area (Å²) in [7, 11) is 3.91. The summed E-state index contributed by atoms with van der Waals surface area (Å²) in [6.45, 7) is 9.35. The van der Waals surface area contributed by atoms with Gasteiger partial charge in [0.15, 0.2) is 5.13 Å². The van der Waals surface area contributed by atoms with Gasteiger partial charge in [0.05, 0.1) is 12.3 Å². The van der Waals surface area contributed by atoms with E-state index in [9.17, 15) is 0 Å². The Labute approximate surface area is 132 Å². The van der Waals surface area contributed by atoms with Gasteiger partial charge in [0.1, 0.15) is 0 Å². The van der Waals surface area contributed by atoms with Gasteiger partial charge in [-0.15, -0.1) is 11.3 Å². The van der Waals surface area contributed by atoms with Gasteiger partial charge in [-0.05, 0) is 33.1 Å². The maximum absolute atomic E-state index is 5.09. The molecule has 2 rings (SSSR count). The molecule has 5 heteroatoms. The summed E-state index contributed by atoms with van der Waals surface area (Å²) in [4.78, 5) is 8.70. The number of nitrogens with zero attached hydrogens (tertiary/aromatic N) is 2. The summed E-state index contributed by atoms with van der Waals surface area (Å²) in [6.07, 6.45) is 3.72. The van der Waals surface area contributed by atoms with E-state index in [0.717, 1.165) is 31.2 Å². The van der Waals surface area contributed by atoms with Crippen LogP contribution in [-0.4, -0.2) is 37.8 Å². The normalized spacial score (nSPS) is 15.5. The molecule has 4 nitrogen and oxygen atoms in total. The Morgan fingerprint density at radius 2 is 2.14 bits per heavy atom. The van der Waals surface area contributed by atoms with Crippen molar-refractivity contribution in [2.24, 2.45) is 0 Å². The summed E-state index contributed by atoms with van der Waals surface area (Å²) >= 11 is 1.85. The third-order valence-corrected chi connectivity index (χ3v) is 5.66. The van der Waals surface area contributed by atoms with Crippen LogP contribution in [0.25, 0.3) is 0 Å². The molecule has 21 heavy (non-hydrogen) atoms. The number of anilines is 1. The molecule has 1 saturated carbocycles. The molecule has 1 heterocycles. The van der Waals surface area contributed by atoms with E-state index in [4.69, 9.17) is 9.72 Å². The van der Waals surface area contributed by atoms with E-state index in [2.05, 4.69) is 38.0 Å². The van der Waals surface area contributed by atoms with Crippen LogP contribution in [0.3, 0.4) is 0 Å². The minimum absolute atomic E-state index is 0.152. The highest BCUT2D eigenvalue weighted by Gasteiger charge is 2.32. The van der Waals surface area contributed by atoms with E-state index in [1.807, 2.05) is 11.3 Å². The summed E-state index contributed by atoms with van der Waals surface area (Å²) in [5.74, 6) is 0.701. The molecule has 120 valence electrons. The average Bonchev–Trinajstić information content (AvgIpc) is 3.23. The lowest BCUT2D eigenvalue weighted by molar-refractivity contribution is 0.199. The van der Waals surface area contributed by atoms with Crippen molar-refractivity contribution in [2.45, 2.75) is 58.0 Å². The van der Waals surface area contributed by atoms with Crippen LogP contribution in [0, 0.1) is 0 Å². The summed E-state index contributed by atoms with van der Waals surface area (Å²) in [5.41, 5.74) is 1.48. The molecule has 1 aliphatic rings. The first-order valence-electron chi connectivity index (χ1n) is 7.92. The number of ether oxygens (including phenoxy) is 1. The Morgan fingerprint density at radius 1 is 1.43 bits per heavy atom. The van der Waals surface area contributed by atoms with Gasteiger partial charge in [-0.3, -0.25) is 0 Å². The molecule has 1 aliphatic carbocycles. The Kier molecular flexibility index (Phi) is 5.63. The fourth-order valence-electron chi connectivity index (χ4n) is 2.17. The van der Waals surface area contributed by atoms with Crippen molar-refractivity contribution < 1.29 is 4.74 Å². The highest BCUT2D eigenvalue weighted by molar-refractivity contribution is 7.15. The molecule has 1 fully saturated rings. The van der Waals surface area contributed by atoms with E-state index in [1.54, 1.807) is 7.11 Å². The molecule has 0 aliphatic heterocycles. The van der Waals surface area contributed by atoms with Gasteiger partial charge in [0.25, 0.3) is 0 Å². The first kappa shape index (κ1) is 16.7. The molecule has 1 aromatic heterocycles. The highest BCUT2D eigenvalue weighted by atomic mass is 32.1. The fraction of sp³-hybridized carbons (Fsp3) is 0.812. The maximum atomic E-state index is 5.09. The van der Waals surface area contributed by atoms with Crippen LogP contribution in [0.15, 0.2) is 0 Å². The summed E-state index contributed by atoms with van der Waals surface area (Å²) in [5, 5.41) is 4.62. The van der Waals surface area contributed by atoms with Crippen LogP contribution < -0.4 is 10.2 Å². The molecule has 1 N–H and O–H groups in total. The largest absolute Gasteiger partial charge is 0.383 e. The first-order valence-corrected chi connectivity index (χ1v) is 8.74. The Morgan fingerprint density at radius 3 is 2.71 bits per heavy atom. The molecule has 0 bridgehead atoms.